The van der Waals surface area contributed by atoms with Crippen LogP contribution in [0.25, 0.3) is 0 Å². The van der Waals surface area contributed by atoms with E-state index in [9.17, 15) is 16.8 Å². The summed E-state index contributed by atoms with van der Waals surface area (Å²) in [6.45, 7) is 4.64. The van der Waals surface area contributed by atoms with Gasteiger partial charge in [0.05, 0.1) is 21.7 Å². The summed E-state index contributed by atoms with van der Waals surface area (Å²) < 4.78 is 50.5. The summed E-state index contributed by atoms with van der Waals surface area (Å²) >= 11 is 1.64. The molecule has 2 atom stereocenters. The summed E-state index contributed by atoms with van der Waals surface area (Å²) in [6.07, 6.45) is 0.754. The number of sulfone groups is 2. The van der Waals surface area contributed by atoms with Crippen LogP contribution < -0.4 is 5.32 Å². The van der Waals surface area contributed by atoms with Crippen molar-refractivity contribution in [2.45, 2.75) is 42.4 Å². The Kier molecular flexibility index (Phi) is 6.10. The second-order valence-electron chi connectivity index (χ2n) is 7.27. The van der Waals surface area contributed by atoms with Gasteiger partial charge in [-0.05, 0) is 41.5 Å². The molecule has 0 aliphatic carbocycles. The molecule has 1 fully saturated rings. The van der Waals surface area contributed by atoms with E-state index in [2.05, 4.69) is 5.32 Å². The largest absolute Gasteiger partial charge is 0.311 e. The molecule has 0 unspecified atom stereocenters. The molecule has 5 nitrogen and oxygen atoms in total. The molecule has 8 heteroatoms. The third-order valence-electron chi connectivity index (χ3n) is 4.93. The SMILES string of the molecule is CC(C)c1ccc(S(=O)(=O)[C@H]2CS(=O)(=O)C[C@@H]2NCCc2cccs2)cc1. The molecule has 148 valence electrons. The second kappa shape index (κ2) is 8.03. The van der Waals surface area contributed by atoms with Gasteiger partial charge in [-0.1, -0.05) is 32.0 Å². The molecular weight excluding hydrogens is 402 g/mol. The van der Waals surface area contributed by atoms with Crippen LogP contribution in [0.3, 0.4) is 0 Å². The first-order chi connectivity index (χ1) is 12.7. The monoisotopic (exact) mass is 427 g/mol. The fourth-order valence-corrected chi connectivity index (χ4v) is 8.79. The van der Waals surface area contributed by atoms with Crippen molar-refractivity contribution in [2.75, 3.05) is 18.1 Å². The van der Waals surface area contributed by atoms with Crippen LogP contribution in [0.5, 0.6) is 0 Å². The molecule has 1 aromatic carbocycles. The molecule has 0 amide bonds. The zero-order valence-corrected chi connectivity index (χ0v) is 17.9. The summed E-state index contributed by atoms with van der Waals surface area (Å²) in [6, 6.07) is 10.2. The van der Waals surface area contributed by atoms with E-state index >= 15 is 0 Å². The maximum atomic E-state index is 13.1. The molecule has 0 bridgehead atoms. The van der Waals surface area contributed by atoms with E-state index in [0.29, 0.717) is 12.5 Å². The highest BCUT2D eigenvalue weighted by Crippen LogP contribution is 2.27. The van der Waals surface area contributed by atoms with Crippen molar-refractivity contribution in [1.82, 2.24) is 5.32 Å². The van der Waals surface area contributed by atoms with Crippen LogP contribution in [0.15, 0.2) is 46.7 Å². The quantitative estimate of drug-likeness (QED) is 0.735. The van der Waals surface area contributed by atoms with Crippen molar-refractivity contribution in [1.29, 1.82) is 0 Å². The fraction of sp³-hybridized carbons (Fsp3) is 0.474. The highest BCUT2D eigenvalue weighted by Gasteiger charge is 2.45. The lowest BCUT2D eigenvalue weighted by Crippen LogP contribution is -2.44. The van der Waals surface area contributed by atoms with Gasteiger partial charge in [-0.2, -0.15) is 0 Å². The van der Waals surface area contributed by atoms with Gasteiger partial charge in [-0.15, -0.1) is 11.3 Å². The molecule has 27 heavy (non-hydrogen) atoms. The Morgan fingerprint density at radius 1 is 1.15 bits per heavy atom. The van der Waals surface area contributed by atoms with Gasteiger partial charge in [-0.25, -0.2) is 16.8 Å². The Morgan fingerprint density at radius 2 is 1.85 bits per heavy atom. The van der Waals surface area contributed by atoms with Crippen LogP contribution in [-0.2, 0) is 26.1 Å². The summed E-state index contributed by atoms with van der Waals surface area (Å²) in [4.78, 5) is 1.38. The Labute approximate surface area is 165 Å². The minimum Gasteiger partial charge on any atom is -0.311 e. The standard InChI is InChI=1S/C19H25NO4S3/c1-14(2)15-5-7-17(8-6-15)27(23,24)19-13-26(21,22)12-18(19)20-10-9-16-4-3-11-25-16/h3-8,11,14,18-20H,9-10,12-13H2,1-2H3/t18-,19-/m0/s1. The Bertz CT molecular complexity index is 962. The molecule has 1 N–H and O–H groups in total. The van der Waals surface area contributed by atoms with Crippen LogP contribution in [0.2, 0.25) is 0 Å². The van der Waals surface area contributed by atoms with E-state index in [1.165, 1.54) is 4.88 Å². The fourth-order valence-electron chi connectivity index (χ4n) is 3.36. The molecule has 2 heterocycles. The van der Waals surface area contributed by atoms with Crippen LogP contribution in [0.4, 0.5) is 0 Å². The predicted octanol–water partition coefficient (Wildman–Crippen LogP) is 2.64. The summed E-state index contributed by atoms with van der Waals surface area (Å²) in [5.41, 5.74) is 1.05. The van der Waals surface area contributed by atoms with E-state index in [-0.39, 0.29) is 16.4 Å². The third-order valence-corrected chi connectivity index (χ3v) is 10.0. The zero-order chi connectivity index (χ0) is 19.7. The third kappa shape index (κ3) is 4.80. The minimum absolute atomic E-state index is 0.134. The molecule has 0 saturated carbocycles. The lowest BCUT2D eigenvalue weighted by molar-refractivity contribution is 0.529. The van der Waals surface area contributed by atoms with Gasteiger partial charge in [0, 0.05) is 17.5 Å². The zero-order valence-electron chi connectivity index (χ0n) is 15.5. The van der Waals surface area contributed by atoms with Gasteiger partial charge in [0.25, 0.3) is 0 Å². The molecule has 1 aliphatic heterocycles. The van der Waals surface area contributed by atoms with Crippen molar-refractivity contribution in [3.05, 3.63) is 52.2 Å². The van der Waals surface area contributed by atoms with Gasteiger partial charge in [0.15, 0.2) is 19.7 Å². The van der Waals surface area contributed by atoms with Gasteiger partial charge < -0.3 is 5.32 Å². The average molecular weight is 428 g/mol. The number of hydrogen-bond donors (Lipinski definition) is 1. The van der Waals surface area contributed by atoms with Crippen molar-refractivity contribution in [3.63, 3.8) is 0 Å². The van der Waals surface area contributed by atoms with Crippen LogP contribution in [-0.4, -0.2) is 46.2 Å². The molecule has 0 radical (unpaired) electrons. The van der Waals surface area contributed by atoms with Crippen molar-refractivity contribution in [2.24, 2.45) is 0 Å². The first kappa shape index (κ1) is 20.5. The molecule has 2 aromatic rings. The highest BCUT2D eigenvalue weighted by atomic mass is 32.2. The van der Waals surface area contributed by atoms with Gasteiger partial charge in [0.1, 0.15) is 0 Å². The van der Waals surface area contributed by atoms with Crippen LogP contribution in [0.1, 0.15) is 30.2 Å². The number of benzene rings is 1. The first-order valence-electron chi connectivity index (χ1n) is 8.99. The number of thiophene rings is 1. The topological polar surface area (TPSA) is 80.3 Å². The predicted molar refractivity (Wildman–Crippen MR) is 110 cm³/mol. The van der Waals surface area contributed by atoms with Crippen molar-refractivity contribution >= 4 is 31.0 Å². The summed E-state index contributed by atoms with van der Waals surface area (Å²) in [5.74, 6) is -0.149. The van der Waals surface area contributed by atoms with Gasteiger partial charge >= 0.3 is 0 Å². The smallest absolute Gasteiger partial charge is 0.183 e. The Morgan fingerprint density at radius 3 is 2.44 bits per heavy atom. The van der Waals surface area contributed by atoms with Crippen LogP contribution in [0, 0.1) is 0 Å². The molecule has 0 spiro atoms. The van der Waals surface area contributed by atoms with Crippen molar-refractivity contribution in [3.8, 4) is 0 Å². The maximum Gasteiger partial charge on any atom is 0.183 e. The molecule has 3 rings (SSSR count). The first-order valence-corrected chi connectivity index (χ1v) is 13.2. The maximum absolute atomic E-state index is 13.1. The Balaban J connectivity index is 1.78. The average Bonchev–Trinajstić information content (AvgIpc) is 3.22. The summed E-state index contributed by atoms with van der Waals surface area (Å²) in [5, 5.41) is 4.22. The number of rotatable bonds is 7. The molecule has 1 aromatic heterocycles. The van der Waals surface area contributed by atoms with Crippen molar-refractivity contribution < 1.29 is 16.8 Å². The lowest BCUT2D eigenvalue weighted by Gasteiger charge is -2.20. The van der Waals surface area contributed by atoms with Gasteiger partial charge in [0.2, 0.25) is 0 Å². The number of hydrogen-bond acceptors (Lipinski definition) is 6. The van der Waals surface area contributed by atoms with E-state index in [0.717, 1.165) is 12.0 Å². The van der Waals surface area contributed by atoms with Gasteiger partial charge in [-0.3, -0.25) is 0 Å². The summed E-state index contributed by atoms with van der Waals surface area (Å²) in [7, 11) is -7.11. The normalized spacial score (nSPS) is 22.3. The van der Waals surface area contributed by atoms with E-state index in [1.807, 2.05) is 31.4 Å². The van der Waals surface area contributed by atoms with E-state index < -0.39 is 31.0 Å². The molecule has 1 saturated heterocycles. The molecule has 1 aliphatic rings. The Hall–Kier alpha value is -1.22. The van der Waals surface area contributed by atoms with E-state index in [1.54, 1.807) is 35.6 Å². The number of nitrogens with one attached hydrogen (secondary N) is 1. The minimum atomic E-state index is -3.72. The second-order valence-corrected chi connectivity index (χ2v) is 12.6. The highest BCUT2D eigenvalue weighted by molar-refractivity contribution is 7.96. The lowest BCUT2D eigenvalue weighted by atomic mass is 10.0. The van der Waals surface area contributed by atoms with E-state index in [4.69, 9.17) is 0 Å². The molecular formula is C19H25NO4S3. The van der Waals surface area contributed by atoms with Crippen LogP contribution >= 0.6 is 11.3 Å².